The Labute approximate surface area is 120 Å². The molecule has 0 saturated heterocycles. The molecular formula is C16H22N2O2. The molecule has 0 fully saturated rings. The fraction of sp³-hybridized carbons (Fsp3) is 0.438. The van der Waals surface area contributed by atoms with Crippen molar-refractivity contribution < 1.29 is 9.84 Å². The van der Waals surface area contributed by atoms with Crippen LogP contribution in [0, 0.1) is 13.8 Å². The van der Waals surface area contributed by atoms with Gasteiger partial charge in [-0.1, -0.05) is 12.1 Å². The maximum atomic E-state index is 10.4. The number of methoxy groups -OCH3 is 1. The van der Waals surface area contributed by atoms with E-state index in [9.17, 15) is 5.11 Å². The van der Waals surface area contributed by atoms with Crippen molar-refractivity contribution in [2.45, 2.75) is 32.8 Å². The number of aromatic nitrogens is 2. The molecule has 2 aromatic rings. The predicted molar refractivity (Wildman–Crippen MR) is 79.0 cm³/mol. The standard InChI is InChI=1S/C16H22N2O2/c1-11-16(12(2)18(3)17-11)15(19)10-7-13-5-8-14(20-4)9-6-13/h5-6,8-9,15,19H,7,10H2,1-4H3. The molecule has 1 aromatic carbocycles. The normalized spacial score (nSPS) is 12.4. The topological polar surface area (TPSA) is 47.3 Å². The van der Waals surface area contributed by atoms with Crippen LogP contribution in [0.15, 0.2) is 24.3 Å². The molecule has 0 spiro atoms. The minimum absolute atomic E-state index is 0.467. The minimum Gasteiger partial charge on any atom is -0.497 e. The summed E-state index contributed by atoms with van der Waals surface area (Å²) in [5.74, 6) is 0.855. The number of hydrogen-bond donors (Lipinski definition) is 1. The Morgan fingerprint density at radius 1 is 1.25 bits per heavy atom. The number of aliphatic hydroxyl groups is 1. The number of aryl methyl sites for hydroxylation is 3. The van der Waals surface area contributed by atoms with Gasteiger partial charge in [0.25, 0.3) is 0 Å². The second-order valence-corrected chi connectivity index (χ2v) is 5.11. The lowest BCUT2D eigenvalue weighted by molar-refractivity contribution is 0.166. The van der Waals surface area contributed by atoms with Crippen molar-refractivity contribution in [3.05, 3.63) is 46.8 Å². The highest BCUT2D eigenvalue weighted by molar-refractivity contribution is 5.29. The Bertz CT molecular complexity index is 573. The van der Waals surface area contributed by atoms with Crippen LogP contribution in [0.4, 0.5) is 0 Å². The molecule has 4 nitrogen and oxygen atoms in total. The molecule has 1 N–H and O–H groups in total. The van der Waals surface area contributed by atoms with Gasteiger partial charge in [-0.3, -0.25) is 4.68 Å². The molecule has 0 aliphatic rings. The average Bonchev–Trinajstić information content (AvgIpc) is 2.70. The lowest BCUT2D eigenvalue weighted by atomic mass is 10.00. The van der Waals surface area contributed by atoms with Crippen LogP contribution in [0.5, 0.6) is 5.75 Å². The van der Waals surface area contributed by atoms with E-state index >= 15 is 0 Å². The molecule has 0 aliphatic heterocycles. The number of nitrogens with zero attached hydrogens (tertiary/aromatic N) is 2. The Balaban J connectivity index is 2.02. The van der Waals surface area contributed by atoms with Gasteiger partial charge in [-0.15, -0.1) is 0 Å². The second kappa shape index (κ2) is 6.09. The second-order valence-electron chi connectivity index (χ2n) is 5.11. The summed E-state index contributed by atoms with van der Waals surface area (Å²) < 4.78 is 6.96. The van der Waals surface area contributed by atoms with Crippen LogP contribution in [0.1, 0.15) is 35.0 Å². The van der Waals surface area contributed by atoms with Gasteiger partial charge in [0.05, 0.1) is 18.9 Å². The van der Waals surface area contributed by atoms with Crippen LogP contribution in [-0.2, 0) is 13.5 Å². The number of ether oxygens (including phenoxy) is 1. The Kier molecular flexibility index (Phi) is 4.45. The molecule has 1 aromatic heterocycles. The fourth-order valence-corrected chi connectivity index (χ4v) is 2.51. The minimum atomic E-state index is -0.467. The van der Waals surface area contributed by atoms with Gasteiger partial charge in [-0.25, -0.2) is 0 Å². The van der Waals surface area contributed by atoms with Crippen molar-refractivity contribution in [1.82, 2.24) is 9.78 Å². The first-order valence-corrected chi connectivity index (χ1v) is 6.84. The summed E-state index contributed by atoms with van der Waals surface area (Å²) in [5, 5.41) is 14.7. The molecule has 0 aliphatic carbocycles. The van der Waals surface area contributed by atoms with E-state index in [0.29, 0.717) is 6.42 Å². The van der Waals surface area contributed by atoms with Crippen LogP contribution in [-0.4, -0.2) is 22.0 Å². The summed E-state index contributed by atoms with van der Waals surface area (Å²) in [4.78, 5) is 0. The molecule has 0 amide bonds. The summed E-state index contributed by atoms with van der Waals surface area (Å²) in [7, 11) is 3.56. The Hall–Kier alpha value is -1.81. The molecule has 2 rings (SSSR count). The van der Waals surface area contributed by atoms with E-state index in [1.165, 1.54) is 5.56 Å². The predicted octanol–water partition coefficient (Wildman–Crippen LogP) is 2.71. The maximum absolute atomic E-state index is 10.4. The Morgan fingerprint density at radius 2 is 1.90 bits per heavy atom. The van der Waals surface area contributed by atoms with Crippen LogP contribution >= 0.6 is 0 Å². The largest absolute Gasteiger partial charge is 0.497 e. The number of benzene rings is 1. The molecule has 1 unspecified atom stereocenters. The van der Waals surface area contributed by atoms with Gasteiger partial charge in [0, 0.05) is 18.3 Å². The van der Waals surface area contributed by atoms with Gasteiger partial charge in [0.2, 0.25) is 0 Å². The van der Waals surface area contributed by atoms with E-state index in [0.717, 1.165) is 29.1 Å². The molecule has 0 bridgehead atoms. The third kappa shape index (κ3) is 3.02. The molecule has 20 heavy (non-hydrogen) atoms. The maximum Gasteiger partial charge on any atom is 0.118 e. The molecule has 0 radical (unpaired) electrons. The summed E-state index contributed by atoms with van der Waals surface area (Å²) >= 11 is 0. The summed E-state index contributed by atoms with van der Waals surface area (Å²) in [6, 6.07) is 7.97. The molecule has 0 saturated carbocycles. The summed E-state index contributed by atoms with van der Waals surface area (Å²) in [6.07, 6.45) is 1.06. The smallest absolute Gasteiger partial charge is 0.118 e. The zero-order valence-corrected chi connectivity index (χ0v) is 12.6. The van der Waals surface area contributed by atoms with Crippen molar-refractivity contribution in [3.63, 3.8) is 0 Å². The van der Waals surface area contributed by atoms with E-state index < -0.39 is 6.10 Å². The number of rotatable bonds is 5. The van der Waals surface area contributed by atoms with Gasteiger partial charge in [0.15, 0.2) is 0 Å². The third-order valence-electron chi connectivity index (χ3n) is 3.76. The van der Waals surface area contributed by atoms with E-state index in [-0.39, 0.29) is 0 Å². The van der Waals surface area contributed by atoms with Gasteiger partial charge in [-0.05, 0) is 44.4 Å². The zero-order chi connectivity index (χ0) is 14.7. The first-order chi connectivity index (χ1) is 9.52. The van der Waals surface area contributed by atoms with E-state index in [1.807, 2.05) is 49.8 Å². The van der Waals surface area contributed by atoms with Gasteiger partial charge < -0.3 is 9.84 Å². The third-order valence-corrected chi connectivity index (χ3v) is 3.76. The van der Waals surface area contributed by atoms with Crippen LogP contribution < -0.4 is 4.74 Å². The van der Waals surface area contributed by atoms with Gasteiger partial charge >= 0.3 is 0 Å². The van der Waals surface area contributed by atoms with E-state index in [4.69, 9.17) is 4.74 Å². The van der Waals surface area contributed by atoms with Crippen molar-refractivity contribution in [1.29, 1.82) is 0 Å². The van der Waals surface area contributed by atoms with Gasteiger partial charge in [0.1, 0.15) is 5.75 Å². The lowest BCUT2D eigenvalue weighted by Gasteiger charge is -2.11. The van der Waals surface area contributed by atoms with Crippen molar-refractivity contribution in [2.24, 2.45) is 7.05 Å². The molecule has 108 valence electrons. The first-order valence-electron chi connectivity index (χ1n) is 6.84. The summed E-state index contributed by atoms with van der Waals surface area (Å²) in [6.45, 7) is 3.94. The highest BCUT2D eigenvalue weighted by atomic mass is 16.5. The van der Waals surface area contributed by atoms with E-state index in [1.54, 1.807) is 7.11 Å². The van der Waals surface area contributed by atoms with Crippen molar-refractivity contribution in [2.75, 3.05) is 7.11 Å². The summed E-state index contributed by atoms with van der Waals surface area (Å²) in [5.41, 5.74) is 4.10. The van der Waals surface area contributed by atoms with Crippen molar-refractivity contribution >= 4 is 0 Å². The molecular weight excluding hydrogens is 252 g/mol. The molecule has 1 atom stereocenters. The zero-order valence-electron chi connectivity index (χ0n) is 12.6. The average molecular weight is 274 g/mol. The molecule has 4 heteroatoms. The van der Waals surface area contributed by atoms with Crippen LogP contribution in [0.3, 0.4) is 0 Å². The van der Waals surface area contributed by atoms with Gasteiger partial charge in [-0.2, -0.15) is 5.10 Å². The van der Waals surface area contributed by atoms with Crippen LogP contribution in [0.2, 0.25) is 0 Å². The fourth-order valence-electron chi connectivity index (χ4n) is 2.51. The van der Waals surface area contributed by atoms with E-state index in [2.05, 4.69) is 5.10 Å². The number of hydrogen-bond acceptors (Lipinski definition) is 3. The SMILES string of the molecule is COc1ccc(CCC(O)c2c(C)nn(C)c2C)cc1. The highest BCUT2D eigenvalue weighted by Gasteiger charge is 2.17. The Morgan fingerprint density at radius 3 is 2.40 bits per heavy atom. The highest BCUT2D eigenvalue weighted by Crippen LogP contribution is 2.25. The van der Waals surface area contributed by atoms with Crippen molar-refractivity contribution in [3.8, 4) is 5.75 Å². The first kappa shape index (κ1) is 14.6. The van der Waals surface area contributed by atoms with Crippen LogP contribution in [0.25, 0.3) is 0 Å². The number of aliphatic hydroxyl groups excluding tert-OH is 1. The monoisotopic (exact) mass is 274 g/mol. The lowest BCUT2D eigenvalue weighted by Crippen LogP contribution is -2.03. The quantitative estimate of drug-likeness (QED) is 0.912. The molecule has 1 heterocycles.